The SMILES string of the molecule is CCOC(=O)c1cnc(-c2cccc(C(F)(F)F)c2)nc1C1CC1. The van der Waals surface area contributed by atoms with E-state index >= 15 is 0 Å². The average Bonchev–Trinajstić information content (AvgIpc) is 3.39. The van der Waals surface area contributed by atoms with E-state index in [1.807, 2.05) is 0 Å². The van der Waals surface area contributed by atoms with Crippen LogP contribution in [0.3, 0.4) is 0 Å². The molecule has 1 aromatic carbocycles. The highest BCUT2D eigenvalue weighted by Crippen LogP contribution is 2.41. The molecule has 1 heterocycles. The first-order valence-electron chi connectivity index (χ1n) is 7.62. The largest absolute Gasteiger partial charge is 0.462 e. The van der Waals surface area contributed by atoms with Crippen molar-refractivity contribution in [2.45, 2.75) is 31.9 Å². The number of rotatable bonds is 4. The quantitative estimate of drug-likeness (QED) is 0.785. The summed E-state index contributed by atoms with van der Waals surface area (Å²) in [7, 11) is 0. The van der Waals surface area contributed by atoms with Crippen LogP contribution in [0.2, 0.25) is 0 Å². The molecule has 0 bridgehead atoms. The van der Waals surface area contributed by atoms with E-state index in [4.69, 9.17) is 4.74 Å². The lowest BCUT2D eigenvalue weighted by atomic mass is 10.1. The molecule has 0 atom stereocenters. The van der Waals surface area contributed by atoms with E-state index in [1.54, 1.807) is 6.92 Å². The number of carbonyl (C=O) groups is 1. The van der Waals surface area contributed by atoms with Gasteiger partial charge in [-0.05, 0) is 31.9 Å². The van der Waals surface area contributed by atoms with Gasteiger partial charge in [0, 0.05) is 17.7 Å². The summed E-state index contributed by atoms with van der Waals surface area (Å²) in [6.45, 7) is 1.94. The van der Waals surface area contributed by atoms with Crippen LogP contribution in [0.25, 0.3) is 11.4 Å². The fourth-order valence-corrected chi connectivity index (χ4v) is 2.40. The molecule has 7 heteroatoms. The lowest BCUT2D eigenvalue weighted by molar-refractivity contribution is -0.137. The Bertz CT molecular complexity index is 771. The zero-order valence-electron chi connectivity index (χ0n) is 12.9. The number of nitrogens with zero attached hydrogens (tertiary/aromatic N) is 2. The van der Waals surface area contributed by atoms with Crippen LogP contribution in [0.1, 0.15) is 47.3 Å². The molecule has 1 aliphatic rings. The van der Waals surface area contributed by atoms with Crippen molar-refractivity contribution in [3.05, 3.63) is 47.3 Å². The lowest BCUT2D eigenvalue weighted by Gasteiger charge is -2.11. The average molecular weight is 336 g/mol. The highest BCUT2D eigenvalue weighted by atomic mass is 19.4. The van der Waals surface area contributed by atoms with E-state index in [0.717, 1.165) is 25.0 Å². The monoisotopic (exact) mass is 336 g/mol. The summed E-state index contributed by atoms with van der Waals surface area (Å²) in [5, 5.41) is 0. The fraction of sp³-hybridized carbons (Fsp3) is 0.353. The van der Waals surface area contributed by atoms with Gasteiger partial charge < -0.3 is 4.74 Å². The van der Waals surface area contributed by atoms with Gasteiger partial charge in [-0.1, -0.05) is 12.1 Å². The molecular formula is C17H15F3N2O2. The topological polar surface area (TPSA) is 52.1 Å². The molecule has 2 aromatic rings. The Labute approximate surface area is 136 Å². The van der Waals surface area contributed by atoms with Crippen molar-refractivity contribution in [3.63, 3.8) is 0 Å². The lowest BCUT2D eigenvalue weighted by Crippen LogP contribution is -2.11. The standard InChI is InChI=1S/C17H15F3N2O2/c1-2-24-16(23)13-9-21-15(22-14(13)10-6-7-10)11-4-3-5-12(8-11)17(18,19)20/h3-5,8-10H,2,6-7H2,1H3. The van der Waals surface area contributed by atoms with Crippen molar-refractivity contribution in [3.8, 4) is 11.4 Å². The molecule has 0 unspecified atom stereocenters. The minimum Gasteiger partial charge on any atom is -0.462 e. The number of aromatic nitrogens is 2. The van der Waals surface area contributed by atoms with Crippen LogP contribution in [0, 0.1) is 0 Å². The summed E-state index contributed by atoms with van der Waals surface area (Å²) >= 11 is 0. The first-order valence-corrected chi connectivity index (χ1v) is 7.62. The predicted octanol–water partition coefficient (Wildman–Crippen LogP) is 4.22. The minimum atomic E-state index is -4.43. The second kappa shape index (κ2) is 6.22. The zero-order valence-corrected chi connectivity index (χ0v) is 12.9. The number of hydrogen-bond donors (Lipinski definition) is 0. The number of alkyl halides is 3. The van der Waals surface area contributed by atoms with E-state index in [2.05, 4.69) is 9.97 Å². The van der Waals surface area contributed by atoms with Crippen LogP contribution in [0.5, 0.6) is 0 Å². The third kappa shape index (κ3) is 3.39. The van der Waals surface area contributed by atoms with E-state index in [-0.39, 0.29) is 29.5 Å². The summed E-state index contributed by atoms with van der Waals surface area (Å²) in [5.74, 6) is -0.192. The third-order valence-corrected chi connectivity index (χ3v) is 3.73. The Morgan fingerprint density at radius 3 is 2.71 bits per heavy atom. The summed E-state index contributed by atoms with van der Waals surface area (Å²) in [6.07, 6.45) is -1.30. The van der Waals surface area contributed by atoms with Crippen molar-refractivity contribution >= 4 is 5.97 Å². The van der Waals surface area contributed by atoms with Crippen molar-refractivity contribution in [2.75, 3.05) is 6.61 Å². The van der Waals surface area contributed by atoms with Gasteiger partial charge in [-0.15, -0.1) is 0 Å². The van der Waals surface area contributed by atoms with Crippen molar-refractivity contribution < 1.29 is 22.7 Å². The van der Waals surface area contributed by atoms with E-state index in [9.17, 15) is 18.0 Å². The highest BCUT2D eigenvalue weighted by molar-refractivity contribution is 5.90. The molecule has 1 fully saturated rings. The first kappa shape index (κ1) is 16.4. The van der Waals surface area contributed by atoms with E-state index in [1.165, 1.54) is 18.3 Å². The van der Waals surface area contributed by atoms with Crippen LogP contribution >= 0.6 is 0 Å². The second-order valence-electron chi connectivity index (χ2n) is 5.57. The molecule has 1 saturated carbocycles. The number of esters is 1. The van der Waals surface area contributed by atoms with E-state index in [0.29, 0.717) is 5.69 Å². The Hall–Kier alpha value is -2.44. The van der Waals surface area contributed by atoms with Crippen LogP contribution in [-0.4, -0.2) is 22.5 Å². The Kier molecular flexibility index (Phi) is 4.26. The van der Waals surface area contributed by atoms with Gasteiger partial charge in [0.2, 0.25) is 0 Å². The molecule has 24 heavy (non-hydrogen) atoms. The van der Waals surface area contributed by atoms with Gasteiger partial charge in [-0.2, -0.15) is 13.2 Å². The molecular weight excluding hydrogens is 321 g/mol. The molecule has 0 radical (unpaired) electrons. The number of carbonyl (C=O) groups excluding carboxylic acids is 1. The van der Waals surface area contributed by atoms with Gasteiger partial charge in [0.15, 0.2) is 5.82 Å². The maximum atomic E-state index is 12.9. The predicted molar refractivity (Wildman–Crippen MR) is 80.4 cm³/mol. The van der Waals surface area contributed by atoms with Crippen LogP contribution in [-0.2, 0) is 10.9 Å². The van der Waals surface area contributed by atoms with Crippen LogP contribution < -0.4 is 0 Å². The van der Waals surface area contributed by atoms with Gasteiger partial charge in [0.1, 0.15) is 0 Å². The number of hydrogen-bond acceptors (Lipinski definition) is 4. The summed E-state index contributed by atoms with van der Waals surface area (Å²) < 4.78 is 43.5. The Balaban J connectivity index is 2.01. The molecule has 4 nitrogen and oxygen atoms in total. The van der Waals surface area contributed by atoms with Gasteiger partial charge in [-0.25, -0.2) is 14.8 Å². The maximum Gasteiger partial charge on any atom is 0.416 e. The Morgan fingerprint density at radius 2 is 2.08 bits per heavy atom. The molecule has 0 saturated heterocycles. The van der Waals surface area contributed by atoms with Gasteiger partial charge in [0.05, 0.1) is 23.4 Å². The normalized spacial score (nSPS) is 14.5. The summed E-state index contributed by atoms with van der Waals surface area (Å²) in [5.41, 5.74) is 0.346. The zero-order chi connectivity index (χ0) is 17.3. The van der Waals surface area contributed by atoms with Gasteiger partial charge in [0.25, 0.3) is 0 Å². The van der Waals surface area contributed by atoms with Crippen molar-refractivity contribution in [1.82, 2.24) is 9.97 Å². The number of ether oxygens (including phenoxy) is 1. The Morgan fingerprint density at radius 1 is 1.33 bits per heavy atom. The second-order valence-corrected chi connectivity index (χ2v) is 5.57. The minimum absolute atomic E-state index is 0.136. The van der Waals surface area contributed by atoms with Gasteiger partial charge >= 0.3 is 12.1 Å². The fourth-order valence-electron chi connectivity index (χ4n) is 2.40. The highest BCUT2D eigenvalue weighted by Gasteiger charge is 2.32. The molecule has 0 amide bonds. The summed E-state index contributed by atoms with van der Waals surface area (Å²) in [4.78, 5) is 20.4. The molecule has 3 rings (SSSR count). The number of halogens is 3. The van der Waals surface area contributed by atoms with E-state index < -0.39 is 17.7 Å². The van der Waals surface area contributed by atoms with Crippen molar-refractivity contribution in [1.29, 1.82) is 0 Å². The summed E-state index contributed by atoms with van der Waals surface area (Å²) in [6, 6.07) is 4.84. The third-order valence-electron chi connectivity index (χ3n) is 3.73. The molecule has 1 aliphatic carbocycles. The first-order chi connectivity index (χ1) is 11.4. The smallest absolute Gasteiger partial charge is 0.416 e. The van der Waals surface area contributed by atoms with Crippen LogP contribution in [0.4, 0.5) is 13.2 Å². The number of benzene rings is 1. The van der Waals surface area contributed by atoms with Crippen molar-refractivity contribution in [2.24, 2.45) is 0 Å². The molecule has 1 aromatic heterocycles. The molecule has 0 aliphatic heterocycles. The van der Waals surface area contributed by atoms with Crippen LogP contribution in [0.15, 0.2) is 30.5 Å². The maximum absolute atomic E-state index is 12.9. The molecule has 0 N–H and O–H groups in total. The van der Waals surface area contributed by atoms with Gasteiger partial charge in [-0.3, -0.25) is 0 Å². The molecule has 0 spiro atoms. The molecule has 126 valence electrons.